The van der Waals surface area contributed by atoms with Crippen LogP contribution in [0.5, 0.6) is 0 Å². The van der Waals surface area contributed by atoms with Gasteiger partial charge in [-0.25, -0.2) is 8.42 Å². The molecule has 0 aliphatic carbocycles. The van der Waals surface area contributed by atoms with E-state index in [9.17, 15) is 8.42 Å². The molecule has 98 valence electrons. The van der Waals surface area contributed by atoms with Crippen LogP contribution in [-0.2, 0) is 10.0 Å². The van der Waals surface area contributed by atoms with Crippen molar-refractivity contribution in [3.05, 3.63) is 23.2 Å². The average molecular weight is 288 g/mol. The Balaban J connectivity index is 3.22. The van der Waals surface area contributed by atoms with E-state index in [0.717, 1.165) is 4.31 Å². The maximum Gasteiger partial charge on any atom is 0.245 e. The van der Waals surface area contributed by atoms with Crippen LogP contribution >= 0.6 is 11.6 Å². The molecule has 5 nitrogen and oxygen atoms in total. The van der Waals surface area contributed by atoms with Crippen LogP contribution in [0.1, 0.15) is 13.3 Å². The maximum atomic E-state index is 12.3. The van der Waals surface area contributed by atoms with Gasteiger partial charge >= 0.3 is 0 Å². The zero-order valence-electron chi connectivity index (χ0n) is 10.1. The van der Waals surface area contributed by atoms with Crippen molar-refractivity contribution in [2.24, 2.45) is 0 Å². The number of hydrogen-bond acceptors (Lipinski definition) is 4. The van der Waals surface area contributed by atoms with Gasteiger partial charge in [0.1, 0.15) is 4.90 Å². The van der Waals surface area contributed by atoms with Crippen molar-refractivity contribution < 1.29 is 8.42 Å². The van der Waals surface area contributed by atoms with Crippen LogP contribution in [0.2, 0.25) is 5.02 Å². The van der Waals surface area contributed by atoms with Crippen molar-refractivity contribution in [3.63, 3.8) is 0 Å². The lowest BCUT2D eigenvalue weighted by molar-refractivity contribution is 0.393. The quantitative estimate of drug-likeness (QED) is 0.856. The van der Waals surface area contributed by atoms with E-state index in [1.54, 1.807) is 6.92 Å². The molecule has 0 radical (unpaired) electrons. The van der Waals surface area contributed by atoms with E-state index < -0.39 is 16.1 Å². The average Bonchev–Trinajstić information content (AvgIpc) is 2.31. The number of nitrogens with two attached hydrogens (primary N) is 1. The fourth-order valence-corrected chi connectivity index (χ4v) is 3.12. The number of nitriles is 1. The van der Waals surface area contributed by atoms with Crippen molar-refractivity contribution in [1.29, 1.82) is 5.26 Å². The van der Waals surface area contributed by atoms with Crippen LogP contribution in [0.15, 0.2) is 23.1 Å². The van der Waals surface area contributed by atoms with E-state index >= 15 is 0 Å². The van der Waals surface area contributed by atoms with Gasteiger partial charge in [-0.2, -0.15) is 9.57 Å². The molecular weight excluding hydrogens is 274 g/mol. The lowest BCUT2D eigenvalue weighted by Gasteiger charge is -2.23. The predicted octanol–water partition coefficient (Wildman–Crippen LogP) is 1.84. The first-order chi connectivity index (χ1) is 8.30. The van der Waals surface area contributed by atoms with Gasteiger partial charge in [-0.15, -0.1) is 0 Å². The first-order valence-electron chi connectivity index (χ1n) is 5.20. The minimum atomic E-state index is -3.74. The topological polar surface area (TPSA) is 87.2 Å². The number of sulfonamides is 1. The van der Waals surface area contributed by atoms with Gasteiger partial charge in [-0.1, -0.05) is 11.6 Å². The molecule has 0 bridgehead atoms. The highest BCUT2D eigenvalue weighted by Gasteiger charge is 2.27. The van der Waals surface area contributed by atoms with Gasteiger partial charge in [-0.05, 0) is 25.1 Å². The Kier molecular flexibility index (Phi) is 4.57. The summed E-state index contributed by atoms with van der Waals surface area (Å²) in [5, 5.41) is 8.90. The maximum absolute atomic E-state index is 12.3. The summed E-state index contributed by atoms with van der Waals surface area (Å²) in [5.41, 5.74) is 5.79. The highest BCUT2D eigenvalue weighted by atomic mass is 35.5. The second kappa shape index (κ2) is 5.57. The summed E-state index contributed by atoms with van der Waals surface area (Å²) < 4.78 is 25.7. The number of benzene rings is 1. The van der Waals surface area contributed by atoms with Crippen molar-refractivity contribution in [2.75, 3.05) is 12.8 Å². The fraction of sp³-hybridized carbons (Fsp3) is 0.364. The summed E-state index contributed by atoms with van der Waals surface area (Å²) in [6.07, 6.45) is 0.107. The van der Waals surface area contributed by atoms with E-state index in [2.05, 4.69) is 0 Å². The molecule has 0 fully saturated rings. The molecule has 1 rings (SSSR count). The second-order valence-electron chi connectivity index (χ2n) is 3.91. The summed E-state index contributed by atoms with van der Waals surface area (Å²) in [4.78, 5) is -0.0395. The molecular formula is C11H14ClN3O2S. The molecule has 0 aromatic heterocycles. The Morgan fingerprint density at radius 1 is 1.56 bits per heavy atom. The van der Waals surface area contributed by atoms with Gasteiger partial charge in [0.15, 0.2) is 0 Å². The van der Waals surface area contributed by atoms with Crippen molar-refractivity contribution in [1.82, 2.24) is 4.31 Å². The Bertz CT molecular complexity index is 580. The van der Waals surface area contributed by atoms with Gasteiger partial charge in [-0.3, -0.25) is 0 Å². The molecule has 1 aromatic carbocycles. The molecule has 0 saturated heterocycles. The lowest BCUT2D eigenvalue weighted by Crippen LogP contribution is -2.35. The molecule has 2 N–H and O–H groups in total. The van der Waals surface area contributed by atoms with Crippen LogP contribution in [-0.4, -0.2) is 25.8 Å². The molecule has 0 spiro atoms. The highest BCUT2D eigenvalue weighted by molar-refractivity contribution is 7.89. The van der Waals surface area contributed by atoms with Gasteiger partial charge in [0.25, 0.3) is 0 Å². The monoisotopic (exact) mass is 287 g/mol. The Labute approximate surface area is 112 Å². The largest absolute Gasteiger partial charge is 0.398 e. The third-order valence-corrected chi connectivity index (χ3v) is 4.90. The first kappa shape index (κ1) is 14.8. The summed E-state index contributed by atoms with van der Waals surface area (Å²) in [6, 6.07) is 5.77. The van der Waals surface area contributed by atoms with Gasteiger partial charge in [0, 0.05) is 18.1 Å². The fourth-order valence-electron chi connectivity index (χ4n) is 1.38. The molecule has 18 heavy (non-hydrogen) atoms. The third kappa shape index (κ3) is 2.93. The minimum Gasteiger partial charge on any atom is -0.398 e. The van der Waals surface area contributed by atoms with Gasteiger partial charge in [0.05, 0.1) is 18.2 Å². The van der Waals surface area contributed by atoms with E-state index in [1.807, 2.05) is 6.07 Å². The molecule has 0 aliphatic heterocycles. The number of halogens is 1. The highest BCUT2D eigenvalue weighted by Crippen LogP contribution is 2.26. The van der Waals surface area contributed by atoms with Crippen LogP contribution in [0, 0.1) is 11.3 Å². The van der Waals surface area contributed by atoms with Crippen molar-refractivity contribution in [2.45, 2.75) is 24.3 Å². The normalized spacial score (nSPS) is 13.3. The Morgan fingerprint density at radius 2 is 2.17 bits per heavy atom. The summed E-state index contributed by atoms with van der Waals surface area (Å²) in [7, 11) is -2.33. The molecule has 1 aromatic rings. The minimum absolute atomic E-state index is 0.0395. The molecule has 0 saturated carbocycles. The van der Waals surface area contributed by atoms with Gasteiger partial charge in [0.2, 0.25) is 10.0 Å². The zero-order chi connectivity index (χ0) is 13.9. The molecule has 0 aliphatic rings. The van der Waals surface area contributed by atoms with Crippen LogP contribution in [0.4, 0.5) is 5.69 Å². The summed E-state index contributed by atoms with van der Waals surface area (Å²) >= 11 is 5.78. The third-order valence-electron chi connectivity index (χ3n) is 2.64. The number of rotatable bonds is 4. The molecule has 0 amide bonds. The van der Waals surface area contributed by atoms with Crippen molar-refractivity contribution in [3.8, 4) is 6.07 Å². The van der Waals surface area contributed by atoms with E-state index in [-0.39, 0.29) is 17.0 Å². The Morgan fingerprint density at radius 3 is 2.72 bits per heavy atom. The summed E-state index contributed by atoms with van der Waals surface area (Å²) in [5.74, 6) is 0. The molecule has 1 atom stereocenters. The van der Waals surface area contributed by atoms with Crippen LogP contribution in [0.3, 0.4) is 0 Å². The van der Waals surface area contributed by atoms with Crippen molar-refractivity contribution >= 4 is 27.3 Å². The smallest absolute Gasteiger partial charge is 0.245 e. The van der Waals surface area contributed by atoms with E-state index in [0.29, 0.717) is 5.02 Å². The predicted molar refractivity (Wildman–Crippen MR) is 70.5 cm³/mol. The van der Waals surface area contributed by atoms with Crippen LogP contribution in [0.25, 0.3) is 0 Å². The van der Waals surface area contributed by atoms with E-state index in [1.165, 1.54) is 25.2 Å². The Hall–Kier alpha value is -1.29. The second-order valence-corrected chi connectivity index (χ2v) is 6.32. The lowest BCUT2D eigenvalue weighted by atomic mass is 10.3. The number of nitrogen functional groups attached to an aromatic ring is 1. The standard InChI is InChI=1S/C11H14ClN3O2S/c1-8(5-6-13)15(2)18(16,17)11-7-9(12)3-4-10(11)14/h3-4,7-8H,5,14H2,1-2H3. The molecule has 1 unspecified atom stereocenters. The number of anilines is 1. The van der Waals surface area contributed by atoms with Gasteiger partial charge < -0.3 is 5.73 Å². The number of hydrogen-bond donors (Lipinski definition) is 1. The summed E-state index contributed by atoms with van der Waals surface area (Å²) in [6.45, 7) is 1.65. The zero-order valence-corrected chi connectivity index (χ0v) is 11.7. The van der Waals surface area contributed by atoms with E-state index in [4.69, 9.17) is 22.6 Å². The molecule has 7 heteroatoms. The SMILES string of the molecule is CC(CC#N)N(C)S(=O)(=O)c1cc(Cl)ccc1N. The molecule has 0 heterocycles. The number of nitrogens with zero attached hydrogens (tertiary/aromatic N) is 2. The first-order valence-corrected chi connectivity index (χ1v) is 7.02. The van der Waals surface area contributed by atoms with Crippen LogP contribution < -0.4 is 5.73 Å².